The van der Waals surface area contributed by atoms with Crippen molar-refractivity contribution < 1.29 is 14.3 Å². The predicted octanol–water partition coefficient (Wildman–Crippen LogP) is 3.23. The van der Waals surface area contributed by atoms with Crippen molar-refractivity contribution in [1.82, 2.24) is 0 Å². The number of hydrogen-bond acceptors (Lipinski definition) is 2. The molecule has 0 saturated heterocycles. The largest absolute Gasteiger partial charge is 0.481 e. The molecule has 1 aliphatic rings. The Morgan fingerprint density at radius 1 is 1.35 bits per heavy atom. The number of carbonyl (C=O) groups is 1. The number of carboxylic acids is 1. The van der Waals surface area contributed by atoms with Crippen LogP contribution >= 0.6 is 0 Å². The molecule has 0 amide bonds. The molecule has 1 saturated carbocycles. The average Bonchev–Trinajstić information content (AvgIpc) is 2.66. The van der Waals surface area contributed by atoms with Gasteiger partial charge in [-0.25, -0.2) is 0 Å². The van der Waals surface area contributed by atoms with Gasteiger partial charge >= 0.3 is 5.97 Å². The van der Waals surface area contributed by atoms with E-state index < -0.39 is 11.4 Å². The van der Waals surface area contributed by atoms with Gasteiger partial charge in [-0.2, -0.15) is 0 Å². The normalized spacial score (nSPS) is 17.9. The van der Waals surface area contributed by atoms with Gasteiger partial charge in [0.1, 0.15) is 5.58 Å². The minimum Gasteiger partial charge on any atom is -0.481 e. The second kappa shape index (κ2) is 3.62. The van der Waals surface area contributed by atoms with E-state index in [2.05, 4.69) is 0 Å². The minimum absolute atomic E-state index is 0.549. The van der Waals surface area contributed by atoms with Crippen LogP contribution in [0.5, 0.6) is 0 Å². The van der Waals surface area contributed by atoms with Gasteiger partial charge in [-0.1, -0.05) is 24.6 Å². The van der Waals surface area contributed by atoms with Crippen molar-refractivity contribution in [2.45, 2.75) is 25.7 Å². The van der Waals surface area contributed by atoms with Crippen LogP contribution in [0.15, 0.2) is 34.9 Å². The highest BCUT2D eigenvalue weighted by Crippen LogP contribution is 2.45. The van der Waals surface area contributed by atoms with Crippen LogP contribution in [-0.2, 0) is 11.2 Å². The number of para-hydroxylation sites is 1. The first-order valence-electron chi connectivity index (χ1n) is 5.90. The summed E-state index contributed by atoms with van der Waals surface area (Å²) in [6.45, 7) is 0. The second-order valence-electron chi connectivity index (χ2n) is 4.87. The first-order valence-corrected chi connectivity index (χ1v) is 5.90. The van der Waals surface area contributed by atoms with Crippen molar-refractivity contribution in [3.63, 3.8) is 0 Å². The number of aliphatic carboxylic acids is 1. The lowest BCUT2D eigenvalue weighted by molar-refractivity contribution is -0.154. The van der Waals surface area contributed by atoms with Crippen LogP contribution in [-0.4, -0.2) is 11.1 Å². The summed E-state index contributed by atoms with van der Waals surface area (Å²) in [6, 6.07) is 7.77. The van der Waals surface area contributed by atoms with Crippen LogP contribution < -0.4 is 0 Å². The van der Waals surface area contributed by atoms with E-state index in [0.717, 1.165) is 35.8 Å². The molecule has 1 fully saturated rings. The van der Waals surface area contributed by atoms with Crippen LogP contribution in [0.1, 0.15) is 24.8 Å². The number of furan rings is 1. The molecule has 0 unspecified atom stereocenters. The van der Waals surface area contributed by atoms with E-state index in [9.17, 15) is 9.90 Å². The highest BCUT2D eigenvalue weighted by atomic mass is 16.4. The van der Waals surface area contributed by atoms with Gasteiger partial charge in [-0.15, -0.1) is 0 Å². The lowest BCUT2D eigenvalue weighted by Gasteiger charge is -2.37. The molecule has 3 nitrogen and oxygen atoms in total. The number of hydrogen-bond donors (Lipinski definition) is 1. The molecule has 3 heteroatoms. The molecule has 1 aromatic carbocycles. The second-order valence-corrected chi connectivity index (χ2v) is 4.87. The van der Waals surface area contributed by atoms with Crippen molar-refractivity contribution in [2.24, 2.45) is 5.41 Å². The molecule has 0 bridgehead atoms. The van der Waals surface area contributed by atoms with E-state index in [-0.39, 0.29) is 0 Å². The van der Waals surface area contributed by atoms with E-state index in [1.54, 1.807) is 6.26 Å². The van der Waals surface area contributed by atoms with Gasteiger partial charge in [-0.05, 0) is 30.9 Å². The van der Waals surface area contributed by atoms with Crippen LogP contribution in [0.4, 0.5) is 0 Å². The molecular weight excluding hydrogens is 216 g/mol. The molecule has 2 aromatic rings. The van der Waals surface area contributed by atoms with E-state index >= 15 is 0 Å². The molecule has 0 atom stereocenters. The number of fused-ring (bicyclic) bond motifs is 1. The maximum Gasteiger partial charge on any atom is 0.309 e. The van der Waals surface area contributed by atoms with E-state index in [4.69, 9.17) is 4.42 Å². The summed E-state index contributed by atoms with van der Waals surface area (Å²) in [6.07, 6.45) is 4.86. The smallest absolute Gasteiger partial charge is 0.309 e. The Labute approximate surface area is 99.0 Å². The Balaban J connectivity index is 1.97. The first-order chi connectivity index (χ1) is 8.21. The molecule has 1 N–H and O–H groups in total. The SMILES string of the molecule is O=C(O)C1(Cc2coc3ccccc23)CCC1. The number of benzene rings is 1. The molecule has 17 heavy (non-hydrogen) atoms. The Kier molecular flexibility index (Phi) is 2.21. The summed E-state index contributed by atoms with van der Waals surface area (Å²) >= 11 is 0. The van der Waals surface area contributed by atoms with Crippen molar-refractivity contribution in [3.8, 4) is 0 Å². The molecule has 0 radical (unpaired) electrons. The van der Waals surface area contributed by atoms with Crippen LogP contribution in [0, 0.1) is 5.41 Å². The third-order valence-corrected chi connectivity index (χ3v) is 3.85. The molecule has 1 aromatic heterocycles. The first kappa shape index (κ1) is 10.4. The third-order valence-electron chi connectivity index (χ3n) is 3.85. The number of carboxylic acid groups (broad SMARTS) is 1. The molecule has 0 spiro atoms. The van der Waals surface area contributed by atoms with Gasteiger partial charge in [-0.3, -0.25) is 4.79 Å². The fourth-order valence-corrected chi connectivity index (χ4v) is 2.60. The molecular formula is C14H14O3. The standard InChI is InChI=1S/C14H14O3/c15-13(16)14(6-3-7-14)8-10-9-17-12-5-2-1-4-11(10)12/h1-2,4-5,9H,3,6-8H2,(H,15,16). The Hall–Kier alpha value is -1.77. The molecule has 1 aliphatic carbocycles. The van der Waals surface area contributed by atoms with E-state index in [0.29, 0.717) is 6.42 Å². The fourth-order valence-electron chi connectivity index (χ4n) is 2.60. The summed E-state index contributed by atoms with van der Waals surface area (Å²) in [5.41, 5.74) is 1.30. The zero-order valence-corrected chi connectivity index (χ0v) is 9.48. The highest BCUT2D eigenvalue weighted by Gasteiger charge is 2.44. The van der Waals surface area contributed by atoms with Gasteiger partial charge in [0.15, 0.2) is 0 Å². The summed E-state index contributed by atoms with van der Waals surface area (Å²) < 4.78 is 5.45. The Morgan fingerprint density at radius 3 is 2.76 bits per heavy atom. The zero-order chi connectivity index (χ0) is 11.9. The third kappa shape index (κ3) is 1.54. The van der Waals surface area contributed by atoms with Crippen molar-refractivity contribution in [1.29, 1.82) is 0 Å². The van der Waals surface area contributed by atoms with Crippen LogP contribution in [0.25, 0.3) is 11.0 Å². The van der Waals surface area contributed by atoms with Crippen molar-refractivity contribution in [3.05, 3.63) is 36.1 Å². The average molecular weight is 230 g/mol. The highest BCUT2D eigenvalue weighted by molar-refractivity contribution is 5.83. The van der Waals surface area contributed by atoms with Gasteiger partial charge in [0.05, 0.1) is 11.7 Å². The van der Waals surface area contributed by atoms with Crippen LogP contribution in [0.3, 0.4) is 0 Å². The summed E-state index contributed by atoms with van der Waals surface area (Å²) in [5, 5.41) is 10.4. The van der Waals surface area contributed by atoms with Crippen molar-refractivity contribution >= 4 is 16.9 Å². The van der Waals surface area contributed by atoms with E-state index in [1.165, 1.54) is 0 Å². The maximum absolute atomic E-state index is 11.3. The maximum atomic E-state index is 11.3. The Morgan fingerprint density at radius 2 is 2.12 bits per heavy atom. The lowest BCUT2D eigenvalue weighted by atomic mass is 9.65. The molecule has 3 rings (SSSR count). The minimum atomic E-state index is -0.672. The molecule has 1 heterocycles. The van der Waals surface area contributed by atoms with E-state index in [1.807, 2.05) is 24.3 Å². The summed E-state index contributed by atoms with van der Waals surface area (Å²) in [5.74, 6) is -0.672. The van der Waals surface area contributed by atoms with Gasteiger partial charge < -0.3 is 9.52 Å². The molecule has 0 aliphatic heterocycles. The zero-order valence-electron chi connectivity index (χ0n) is 9.48. The van der Waals surface area contributed by atoms with Gasteiger partial charge in [0.2, 0.25) is 0 Å². The molecule has 88 valence electrons. The van der Waals surface area contributed by atoms with Crippen LogP contribution in [0.2, 0.25) is 0 Å². The van der Waals surface area contributed by atoms with Gasteiger partial charge in [0.25, 0.3) is 0 Å². The summed E-state index contributed by atoms with van der Waals surface area (Å²) in [4.78, 5) is 11.3. The van der Waals surface area contributed by atoms with Gasteiger partial charge in [0, 0.05) is 5.39 Å². The predicted molar refractivity (Wildman–Crippen MR) is 63.8 cm³/mol. The van der Waals surface area contributed by atoms with Crippen molar-refractivity contribution in [2.75, 3.05) is 0 Å². The summed E-state index contributed by atoms with van der Waals surface area (Å²) in [7, 11) is 0. The monoisotopic (exact) mass is 230 g/mol. The fraction of sp³-hybridized carbons (Fsp3) is 0.357. The topological polar surface area (TPSA) is 50.4 Å². The Bertz CT molecular complexity index is 564. The lowest BCUT2D eigenvalue weighted by Crippen LogP contribution is -2.39. The number of rotatable bonds is 3. The quantitative estimate of drug-likeness (QED) is 0.880.